The van der Waals surface area contributed by atoms with Crippen molar-refractivity contribution in [2.45, 2.75) is 19.4 Å². The number of ketones is 1. The molecular formula is C29H32N2O7. The van der Waals surface area contributed by atoms with Crippen molar-refractivity contribution in [2.75, 3.05) is 33.8 Å². The molecule has 0 saturated carbocycles. The van der Waals surface area contributed by atoms with Crippen LogP contribution in [0, 0.1) is 0 Å². The second kappa shape index (κ2) is 12.6. The third-order valence-corrected chi connectivity index (χ3v) is 5.88. The Morgan fingerprint density at radius 1 is 0.895 bits per heavy atom. The van der Waals surface area contributed by atoms with Crippen molar-refractivity contribution < 1.29 is 33.6 Å². The van der Waals surface area contributed by atoms with Gasteiger partial charge in [-0.25, -0.2) is 0 Å². The Labute approximate surface area is 221 Å². The Hall–Kier alpha value is -4.50. The van der Waals surface area contributed by atoms with Gasteiger partial charge in [0.1, 0.15) is 11.5 Å². The number of hydrogen-bond donors (Lipinski definition) is 3. The van der Waals surface area contributed by atoms with Crippen LogP contribution in [0.25, 0.3) is 6.08 Å². The Balaban J connectivity index is 1.83. The van der Waals surface area contributed by atoms with Crippen LogP contribution in [0.5, 0.6) is 28.7 Å². The normalized spacial score (nSPS) is 11.9. The van der Waals surface area contributed by atoms with Crippen LogP contribution in [-0.2, 0) is 11.2 Å². The maximum Gasteiger partial charge on any atom is 0.241 e. The minimum Gasteiger partial charge on any atom is -0.508 e. The van der Waals surface area contributed by atoms with Crippen molar-refractivity contribution in [1.82, 2.24) is 0 Å². The lowest BCUT2D eigenvalue weighted by Crippen LogP contribution is -2.37. The van der Waals surface area contributed by atoms with Gasteiger partial charge in [-0.05, 0) is 72.5 Å². The molecule has 9 heteroatoms. The van der Waals surface area contributed by atoms with E-state index in [1.54, 1.807) is 67.6 Å². The zero-order valence-corrected chi connectivity index (χ0v) is 22.0. The summed E-state index contributed by atoms with van der Waals surface area (Å²) in [6, 6.07) is 14.0. The molecule has 0 aliphatic rings. The average Bonchev–Trinajstić information content (AvgIpc) is 2.92. The van der Waals surface area contributed by atoms with Crippen molar-refractivity contribution in [2.24, 2.45) is 5.73 Å². The second-order valence-electron chi connectivity index (χ2n) is 8.50. The standard InChI is InChI=1S/C29H32N2O7/c1-17(27(33)20-15-25(36-3)28(38-5)26(16-20)37-4)12-19-8-11-24(35-2)23(14-19)31-29(34)22(30)13-18-6-9-21(32)10-7-18/h6-12,14-16,22,32H,13,30H2,1-5H3,(H,31,34). The number of carbonyl (C=O) groups excluding carboxylic acids is 2. The van der Waals surface area contributed by atoms with Crippen LogP contribution in [0.15, 0.2) is 60.2 Å². The Bertz CT molecular complexity index is 1310. The van der Waals surface area contributed by atoms with E-state index in [0.717, 1.165) is 5.56 Å². The molecule has 3 aromatic rings. The molecule has 1 unspecified atom stereocenters. The summed E-state index contributed by atoms with van der Waals surface area (Å²) in [6.45, 7) is 1.70. The third-order valence-electron chi connectivity index (χ3n) is 5.88. The van der Waals surface area contributed by atoms with Gasteiger partial charge in [-0.1, -0.05) is 18.2 Å². The number of nitrogens with one attached hydrogen (secondary N) is 1. The molecule has 9 nitrogen and oxygen atoms in total. The number of nitrogens with two attached hydrogens (primary N) is 1. The smallest absolute Gasteiger partial charge is 0.241 e. The van der Waals surface area contributed by atoms with Crippen molar-refractivity contribution >= 4 is 23.5 Å². The Morgan fingerprint density at radius 3 is 2.05 bits per heavy atom. The molecule has 3 aromatic carbocycles. The summed E-state index contributed by atoms with van der Waals surface area (Å²) in [5, 5.41) is 12.3. The highest BCUT2D eigenvalue weighted by Crippen LogP contribution is 2.39. The minimum atomic E-state index is -0.827. The first-order valence-corrected chi connectivity index (χ1v) is 11.8. The quantitative estimate of drug-likeness (QED) is 0.253. The van der Waals surface area contributed by atoms with Gasteiger partial charge < -0.3 is 35.1 Å². The third kappa shape index (κ3) is 6.63. The largest absolute Gasteiger partial charge is 0.508 e. The van der Waals surface area contributed by atoms with Crippen LogP contribution in [0.3, 0.4) is 0 Å². The fraction of sp³-hybridized carbons (Fsp3) is 0.241. The van der Waals surface area contributed by atoms with Crippen LogP contribution in [0.2, 0.25) is 0 Å². The number of carbonyl (C=O) groups is 2. The zero-order chi connectivity index (χ0) is 27.8. The molecular weight excluding hydrogens is 488 g/mol. The van der Waals surface area contributed by atoms with Gasteiger partial charge in [0.15, 0.2) is 17.3 Å². The molecule has 1 amide bonds. The summed E-state index contributed by atoms with van der Waals surface area (Å²) in [5.74, 6) is 1.10. The summed E-state index contributed by atoms with van der Waals surface area (Å²) in [5.41, 5.74) is 8.84. The summed E-state index contributed by atoms with van der Waals surface area (Å²) in [6.07, 6.45) is 1.99. The van der Waals surface area contributed by atoms with Gasteiger partial charge >= 0.3 is 0 Å². The predicted octanol–water partition coefficient (Wildman–Crippen LogP) is 4.22. The molecule has 0 bridgehead atoms. The number of ether oxygens (including phenoxy) is 4. The number of rotatable bonds is 11. The van der Waals surface area contributed by atoms with Gasteiger partial charge in [-0.3, -0.25) is 9.59 Å². The van der Waals surface area contributed by atoms with Gasteiger partial charge in [0, 0.05) is 5.56 Å². The lowest BCUT2D eigenvalue weighted by Gasteiger charge is -2.15. The first-order valence-electron chi connectivity index (χ1n) is 11.8. The molecule has 0 aromatic heterocycles. The molecule has 4 N–H and O–H groups in total. The molecule has 0 radical (unpaired) electrons. The van der Waals surface area contributed by atoms with E-state index < -0.39 is 11.9 Å². The van der Waals surface area contributed by atoms with Crippen molar-refractivity contribution in [3.05, 3.63) is 76.9 Å². The first-order chi connectivity index (χ1) is 18.2. The highest BCUT2D eigenvalue weighted by atomic mass is 16.5. The van der Waals surface area contributed by atoms with E-state index in [-0.39, 0.29) is 18.0 Å². The minimum absolute atomic E-state index is 0.139. The SMILES string of the molecule is COc1ccc(C=C(C)C(=O)c2cc(OC)c(OC)c(OC)c2)cc1NC(=O)C(N)Cc1ccc(O)cc1. The van der Waals surface area contributed by atoms with Gasteiger partial charge in [-0.15, -0.1) is 0 Å². The molecule has 1 atom stereocenters. The zero-order valence-electron chi connectivity index (χ0n) is 22.0. The Kier molecular flexibility index (Phi) is 9.34. The predicted molar refractivity (Wildman–Crippen MR) is 145 cm³/mol. The van der Waals surface area contributed by atoms with E-state index in [1.165, 1.54) is 28.4 Å². The van der Waals surface area contributed by atoms with E-state index in [9.17, 15) is 14.7 Å². The first kappa shape index (κ1) is 28.1. The summed E-state index contributed by atoms with van der Waals surface area (Å²) >= 11 is 0. The molecule has 0 heterocycles. The molecule has 0 saturated heterocycles. The van der Waals surface area contributed by atoms with Crippen LogP contribution < -0.4 is 30.0 Å². The number of allylic oxidation sites excluding steroid dienone is 1. The summed E-state index contributed by atoms with van der Waals surface area (Å²) in [4.78, 5) is 26.0. The molecule has 38 heavy (non-hydrogen) atoms. The van der Waals surface area contributed by atoms with Crippen molar-refractivity contribution in [1.29, 1.82) is 0 Å². The van der Waals surface area contributed by atoms with Crippen molar-refractivity contribution in [3.63, 3.8) is 0 Å². The van der Waals surface area contributed by atoms with Crippen LogP contribution in [0.1, 0.15) is 28.4 Å². The summed E-state index contributed by atoms with van der Waals surface area (Å²) < 4.78 is 21.4. The van der Waals surface area contributed by atoms with Crippen LogP contribution in [0.4, 0.5) is 5.69 Å². The highest BCUT2D eigenvalue weighted by Gasteiger charge is 2.19. The summed E-state index contributed by atoms with van der Waals surface area (Å²) in [7, 11) is 5.96. The fourth-order valence-electron chi connectivity index (χ4n) is 3.87. The number of phenolic OH excluding ortho intramolecular Hbond substituents is 1. The van der Waals surface area contributed by atoms with E-state index in [2.05, 4.69) is 5.32 Å². The average molecular weight is 521 g/mol. The Morgan fingerprint density at radius 2 is 1.50 bits per heavy atom. The van der Waals surface area contributed by atoms with Gasteiger partial charge in [-0.2, -0.15) is 0 Å². The van der Waals surface area contributed by atoms with E-state index in [1.807, 2.05) is 0 Å². The van der Waals surface area contributed by atoms with E-state index in [4.69, 9.17) is 24.7 Å². The number of aromatic hydroxyl groups is 1. The molecule has 0 aliphatic heterocycles. The maximum absolute atomic E-state index is 13.2. The van der Waals surface area contributed by atoms with Crippen LogP contribution in [-0.4, -0.2) is 51.3 Å². The number of benzene rings is 3. The number of methoxy groups -OCH3 is 4. The number of anilines is 1. The lowest BCUT2D eigenvalue weighted by molar-refractivity contribution is -0.117. The second-order valence-corrected chi connectivity index (χ2v) is 8.50. The molecule has 0 spiro atoms. The van der Waals surface area contributed by atoms with Gasteiger partial charge in [0.25, 0.3) is 0 Å². The monoisotopic (exact) mass is 520 g/mol. The number of phenols is 1. The molecule has 3 rings (SSSR count). The number of hydrogen-bond acceptors (Lipinski definition) is 8. The topological polar surface area (TPSA) is 129 Å². The molecule has 0 aliphatic carbocycles. The van der Waals surface area contributed by atoms with E-state index in [0.29, 0.717) is 45.4 Å². The van der Waals surface area contributed by atoms with E-state index >= 15 is 0 Å². The van der Waals surface area contributed by atoms with Gasteiger partial charge in [0.05, 0.1) is 40.2 Å². The van der Waals surface area contributed by atoms with Crippen LogP contribution >= 0.6 is 0 Å². The van der Waals surface area contributed by atoms with Gasteiger partial charge in [0.2, 0.25) is 11.7 Å². The fourth-order valence-corrected chi connectivity index (χ4v) is 3.87. The van der Waals surface area contributed by atoms with Crippen molar-refractivity contribution in [3.8, 4) is 28.7 Å². The maximum atomic E-state index is 13.2. The number of Topliss-reactive ketones (excluding diaryl/α,β-unsaturated/α-hetero) is 1. The highest BCUT2D eigenvalue weighted by molar-refractivity contribution is 6.11. The lowest BCUT2D eigenvalue weighted by atomic mass is 10.0. The molecule has 200 valence electrons. The number of amides is 1. The molecule has 0 fully saturated rings.